The summed E-state index contributed by atoms with van der Waals surface area (Å²) < 4.78 is 6.86. The lowest BCUT2D eigenvalue weighted by molar-refractivity contribution is -0.136. The summed E-state index contributed by atoms with van der Waals surface area (Å²) in [4.78, 5) is 24.3. The van der Waals surface area contributed by atoms with E-state index < -0.39 is 5.97 Å². The van der Waals surface area contributed by atoms with Crippen molar-refractivity contribution >= 4 is 29.2 Å². The molecule has 0 N–H and O–H groups in total. The normalized spacial score (nSPS) is 11.0. The van der Waals surface area contributed by atoms with Crippen molar-refractivity contribution in [2.24, 2.45) is 0 Å². The van der Waals surface area contributed by atoms with Gasteiger partial charge < -0.3 is 4.74 Å². The number of ketones is 1. The Bertz CT molecular complexity index is 941. The molecule has 0 spiro atoms. The maximum Gasteiger partial charge on any atom is 0.331 e. The molecule has 2 aromatic heterocycles. The van der Waals surface area contributed by atoms with Crippen LogP contribution in [0.5, 0.6) is 0 Å². The summed E-state index contributed by atoms with van der Waals surface area (Å²) in [7, 11) is 0. The standard InChI is InChI=1S/C20H18N2O3S/c1-14-17(15(2)22(21-14)16-7-4-3-5-8-16)10-11-20(24)25-13-18(23)19-9-6-12-26-19/h3-12H,13H2,1-2H3. The van der Waals surface area contributed by atoms with E-state index in [0.717, 1.165) is 22.6 Å². The zero-order valence-corrected chi connectivity index (χ0v) is 15.3. The molecule has 132 valence electrons. The largest absolute Gasteiger partial charge is 0.454 e. The number of aryl methyl sites for hydroxylation is 1. The lowest BCUT2D eigenvalue weighted by Crippen LogP contribution is -2.11. The molecule has 0 aliphatic rings. The molecule has 0 bridgehead atoms. The highest BCUT2D eigenvalue weighted by molar-refractivity contribution is 7.12. The lowest BCUT2D eigenvalue weighted by Gasteiger charge is -2.03. The Morgan fingerprint density at radius 1 is 1.15 bits per heavy atom. The van der Waals surface area contributed by atoms with Crippen molar-refractivity contribution in [1.29, 1.82) is 0 Å². The van der Waals surface area contributed by atoms with Gasteiger partial charge in [0.1, 0.15) is 0 Å². The van der Waals surface area contributed by atoms with Gasteiger partial charge in [-0.3, -0.25) is 4.79 Å². The molecule has 0 fully saturated rings. The van der Waals surface area contributed by atoms with Gasteiger partial charge in [0, 0.05) is 17.3 Å². The molecule has 6 heteroatoms. The van der Waals surface area contributed by atoms with Crippen molar-refractivity contribution in [2.75, 3.05) is 6.61 Å². The fourth-order valence-corrected chi connectivity index (χ4v) is 3.21. The van der Waals surface area contributed by atoms with Crippen LogP contribution in [0.4, 0.5) is 0 Å². The zero-order chi connectivity index (χ0) is 18.5. The predicted octanol–water partition coefficient (Wildman–Crippen LogP) is 3.99. The van der Waals surface area contributed by atoms with Gasteiger partial charge in [-0.25, -0.2) is 9.48 Å². The highest BCUT2D eigenvalue weighted by atomic mass is 32.1. The molecule has 0 saturated heterocycles. The molecule has 0 aliphatic heterocycles. The average molecular weight is 366 g/mol. The van der Waals surface area contributed by atoms with E-state index in [0.29, 0.717) is 4.88 Å². The van der Waals surface area contributed by atoms with Crippen molar-refractivity contribution in [2.45, 2.75) is 13.8 Å². The van der Waals surface area contributed by atoms with Gasteiger partial charge in [-0.15, -0.1) is 11.3 Å². The van der Waals surface area contributed by atoms with Crippen LogP contribution in [-0.2, 0) is 9.53 Å². The number of hydrogen-bond donors (Lipinski definition) is 0. The molecule has 0 saturated carbocycles. The van der Waals surface area contributed by atoms with Crippen LogP contribution in [0, 0.1) is 13.8 Å². The number of aromatic nitrogens is 2. The Labute approximate surface area is 155 Å². The molecule has 0 radical (unpaired) electrons. The summed E-state index contributed by atoms with van der Waals surface area (Å²) in [6.07, 6.45) is 3.00. The minimum absolute atomic E-state index is 0.203. The SMILES string of the molecule is Cc1nn(-c2ccccc2)c(C)c1C=CC(=O)OCC(=O)c1cccs1. The van der Waals surface area contributed by atoms with Crippen LogP contribution in [0.15, 0.2) is 53.9 Å². The van der Waals surface area contributed by atoms with Gasteiger partial charge in [0.25, 0.3) is 0 Å². The van der Waals surface area contributed by atoms with Gasteiger partial charge in [0.15, 0.2) is 6.61 Å². The van der Waals surface area contributed by atoms with Gasteiger partial charge in [-0.1, -0.05) is 24.3 Å². The van der Waals surface area contributed by atoms with Crippen LogP contribution in [0.25, 0.3) is 11.8 Å². The molecule has 3 aromatic rings. The molecular weight excluding hydrogens is 348 g/mol. The van der Waals surface area contributed by atoms with Gasteiger partial charge in [0.2, 0.25) is 5.78 Å². The molecule has 0 aliphatic carbocycles. The van der Waals surface area contributed by atoms with Crippen molar-refractivity contribution in [3.8, 4) is 5.69 Å². The highest BCUT2D eigenvalue weighted by Gasteiger charge is 2.12. The van der Waals surface area contributed by atoms with E-state index in [1.165, 1.54) is 17.4 Å². The summed E-state index contributed by atoms with van der Waals surface area (Å²) in [5, 5.41) is 6.34. The monoisotopic (exact) mass is 366 g/mol. The Kier molecular flexibility index (Phi) is 5.43. The maximum absolute atomic E-state index is 11.9. The van der Waals surface area contributed by atoms with Gasteiger partial charge in [0.05, 0.1) is 16.3 Å². The summed E-state index contributed by atoms with van der Waals surface area (Å²) in [5.41, 5.74) is 3.55. The van der Waals surface area contributed by atoms with Gasteiger partial charge in [-0.2, -0.15) is 5.10 Å². The molecule has 0 amide bonds. The second kappa shape index (κ2) is 7.93. The molecule has 0 unspecified atom stereocenters. The third kappa shape index (κ3) is 3.97. The number of carbonyl (C=O) groups excluding carboxylic acids is 2. The first-order chi connectivity index (χ1) is 12.6. The maximum atomic E-state index is 11.9. The summed E-state index contributed by atoms with van der Waals surface area (Å²) in [6, 6.07) is 13.3. The van der Waals surface area contributed by atoms with Crippen LogP contribution in [0.1, 0.15) is 26.6 Å². The number of esters is 1. The minimum atomic E-state index is -0.554. The van der Waals surface area contributed by atoms with E-state index in [4.69, 9.17) is 4.74 Å². The van der Waals surface area contributed by atoms with Gasteiger partial charge in [-0.05, 0) is 43.5 Å². The zero-order valence-electron chi connectivity index (χ0n) is 14.5. The number of ether oxygens (including phenoxy) is 1. The first kappa shape index (κ1) is 17.8. The summed E-state index contributed by atoms with van der Waals surface area (Å²) in [5.74, 6) is -0.757. The number of rotatable bonds is 6. The first-order valence-electron chi connectivity index (χ1n) is 8.09. The topological polar surface area (TPSA) is 61.2 Å². The number of Topliss-reactive ketones (excluding diaryl/α,β-unsaturated/α-hetero) is 1. The van der Waals surface area contributed by atoms with E-state index in [-0.39, 0.29) is 12.4 Å². The molecule has 5 nitrogen and oxygen atoms in total. The molecule has 26 heavy (non-hydrogen) atoms. The van der Waals surface area contributed by atoms with E-state index in [9.17, 15) is 9.59 Å². The number of para-hydroxylation sites is 1. The number of thiophene rings is 1. The second-order valence-corrected chi connectivity index (χ2v) is 6.62. The summed E-state index contributed by atoms with van der Waals surface area (Å²) >= 11 is 1.33. The molecular formula is C20H18N2O3S. The fourth-order valence-electron chi connectivity index (χ4n) is 2.56. The molecule has 3 rings (SSSR count). The van der Waals surface area contributed by atoms with E-state index in [1.807, 2.05) is 54.2 Å². The van der Waals surface area contributed by atoms with Crippen molar-refractivity contribution in [3.05, 3.63) is 75.7 Å². The smallest absolute Gasteiger partial charge is 0.331 e. The second-order valence-electron chi connectivity index (χ2n) is 5.67. The van der Waals surface area contributed by atoms with E-state index >= 15 is 0 Å². The Morgan fingerprint density at radius 3 is 2.62 bits per heavy atom. The summed E-state index contributed by atoms with van der Waals surface area (Å²) in [6.45, 7) is 3.57. The number of hydrogen-bond acceptors (Lipinski definition) is 5. The minimum Gasteiger partial charge on any atom is -0.454 e. The fraction of sp³-hybridized carbons (Fsp3) is 0.150. The third-order valence-corrected chi connectivity index (χ3v) is 4.79. The Balaban J connectivity index is 1.67. The Hall–Kier alpha value is -2.99. The number of carbonyl (C=O) groups is 2. The molecule has 0 atom stereocenters. The van der Waals surface area contributed by atoms with E-state index in [1.54, 1.807) is 18.2 Å². The Morgan fingerprint density at radius 2 is 1.92 bits per heavy atom. The van der Waals surface area contributed by atoms with Crippen LogP contribution in [0.3, 0.4) is 0 Å². The third-order valence-electron chi connectivity index (χ3n) is 3.88. The van der Waals surface area contributed by atoms with Crippen molar-refractivity contribution in [3.63, 3.8) is 0 Å². The lowest BCUT2D eigenvalue weighted by atomic mass is 10.2. The van der Waals surface area contributed by atoms with Crippen LogP contribution in [-0.4, -0.2) is 28.1 Å². The van der Waals surface area contributed by atoms with Crippen LogP contribution in [0.2, 0.25) is 0 Å². The average Bonchev–Trinajstić information content (AvgIpc) is 3.28. The van der Waals surface area contributed by atoms with Crippen molar-refractivity contribution < 1.29 is 14.3 Å². The van der Waals surface area contributed by atoms with Crippen molar-refractivity contribution in [1.82, 2.24) is 9.78 Å². The van der Waals surface area contributed by atoms with Gasteiger partial charge >= 0.3 is 5.97 Å². The number of benzene rings is 1. The number of nitrogens with zero attached hydrogens (tertiary/aromatic N) is 2. The van der Waals surface area contributed by atoms with Crippen LogP contribution < -0.4 is 0 Å². The molecule has 2 heterocycles. The first-order valence-corrected chi connectivity index (χ1v) is 8.97. The highest BCUT2D eigenvalue weighted by Crippen LogP contribution is 2.19. The van der Waals surface area contributed by atoms with Crippen LogP contribution >= 0.6 is 11.3 Å². The quantitative estimate of drug-likeness (QED) is 0.376. The molecule has 1 aromatic carbocycles. The van der Waals surface area contributed by atoms with E-state index in [2.05, 4.69) is 5.10 Å². The predicted molar refractivity (Wildman–Crippen MR) is 102 cm³/mol.